The average Bonchev–Trinajstić information content (AvgIpc) is 2.95. The lowest BCUT2D eigenvalue weighted by Crippen LogP contribution is -2.09. The molecule has 1 aliphatic carbocycles. The molecule has 0 amide bonds. The van der Waals surface area contributed by atoms with E-state index in [1.165, 1.54) is 6.92 Å². The van der Waals surface area contributed by atoms with E-state index in [-0.39, 0.29) is 5.97 Å². The van der Waals surface area contributed by atoms with E-state index in [2.05, 4.69) is 5.32 Å². The van der Waals surface area contributed by atoms with Crippen molar-refractivity contribution in [3.05, 3.63) is 30.3 Å². The summed E-state index contributed by atoms with van der Waals surface area (Å²) in [6, 6.07) is 10.6. The molecular formula is C12H15NO2. The maximum absolute atomic E-state index is 10.6. The molecule has 1 fully saturated rings. The quantitative estimate of drug-likeness (QED) is 0.764. The van der Waals surface area contributed by atoms with Gasteiger partial charge in [-0.25, -0.2) is 0 Å². The minimum Gasteiger partial charge on any atom is -0.465 e. The predicted octanol–water partition coefficient (Wildman–Crippen LogP) is 2.05. The Labute approximate surface area is 89.4 Å². The van der Waals surface area contributed by atoms with Crippen LogP contribution < -0.4 is 5.32 Å². The molecule has 15 heavy (non-hydrogen) atoms. The molecule has 0 spiro atoms. The topological polar surface area (TPSA) is 38.3 Å². The largest absolute Gasteiger partial charge is 0.465 e. The molecule has 2 rings (SSSR count). The van der Waals surface area contributed by atoms with Crippen LogP contribution in [0.2, 0.25) is 0 Å². The highest BCUT2D eigenvalue weighted by Crippen LogP contribution is 2.33. The number of ether oxygens (including phenoxy) is 1. The molecule has 1 N–H and O–H groups in total. The second-order valence-corrected chi connectivity index (χ2v) is 3.92. The zero-order valence-electron chi connectivity index (χ0n) is 8.77. The summed E-state index contributed by atoms with van der Waals surface area (Å²) in [6.45, 7) is 1.99. The first-order valence-corrected chi connectivity index (χ1v) is 5.20. The van der Waals surface area contributed by atoms with E-state index in [1.54, 1.807) is 0 Å². The SMILES string of the molecule is CC(=O)OCC1CC1Nc1ccccc1. The van der Waals surface area contributed by atoms with Gasteiger partial charge in [-0.1, -0.05) is 18.2 Å². The molecule has 2 atom stereocenters. The lowest BCUT2D eigenvalue weighted by molar-refractivity contribution is -0.141. The molecule has 3 heteroatoms. The van der Waals surface area contributed by atoms with Gasteiger partial charge in [0.2, 0.25) is 0 Å². The van der Waals surface area contributed by atoms with E-state index in [9.17, 15) is 4.79 Å². The first-order valence-electron chi connectivity index (χ1n) is 5.20. The smallest absolute Gasteiger partial charge is 0.302 e. The van der Waals surface area contributed by atoms with Gasteiger partial charge in [0.05, 0.1) is 6.61 Å². The monoisotopic (exact) mass is 205 g/mol. The highest BCUT2D eigenvalue weighted by atomic mass is 16.5. The molecule has 0 heterocycles. The van der Waals surface area contributed by atoms with Gasteiger partial charge < -0.3 is 10.1 Å². The molecule has 0 aliphatic heterocycles. The highest BCUT2D eigenvalue weighted by Gasteiger charge is 2.37. The van der Waals surface area contributed by atoms with E-state index < -0.39 is 0 Å². The van der Waals surface area contributed by atoms with Gasteiger partial charge in [-0.15, -0.1) is 0 Å². The van der Waals surface area contributed by atoms with Gasteiger partial charge >= 0.3 is 5.97 Å². The molecule has 0 radical (unpaired) electrons. The normalized spacial score (nSPS) is 23.3. The van der Waals surface area contributed by atoms with Crippen molar-refractivity contribution in [1.29, 1.82) is 0 Å². The van der Waals surface area contributed by atoms with Crippen LogP contribution >= 0.6 is 0 Å². The summed E-state index contributed by atoms with van der Waals surface area (Å²) in [4.78, 5) is 10.6. The lowest BCUT2D eigenvalue weighted by atomic mass is 10.3. The number of esters is 1. The zero-order chi connectivity index (χ0) is 10.7. The Morgan fingerprint density at radius 1 is 1.47 bits per heavy atom. The second-order valence-electron chi connectivity index (χ2n) is 3.92. The molecule has 80 valence electrons. The lowest BCUT2D eigenvalue weighted by Gasteiger charge is -2.05. The predicted molar refractivity (Wildman–Crippen MR) is 58.6 cm³/mol. The van der Waals surface area contributed by atoms with Crippen LogP contribution in [0.4, 0.5) is 5.69 Å². The number of benzene rings is 1. The fourth-order valence-corrected chi connectivity index (χ4v) is 1.58. The Bertz CT molecular complexity index is 337. The molecule has 0 aromatic heterocycles. The molecule has 1 aliphatic rings. The van der Waals surface area contributed by atoms with Crippen molar-refractivity contribution in [2.24, 2.45) is 5.92 Å². The Morgan fingerprint density at radius 3 is 2.87 bits per heavy atom. The third-order valence-corrected chi connectivity index (χ3v) is 2.55. The first kappa shape index (κ1) is 10.0. The maximum atomic E-state index is 10.6. The number of hydrogen-bond donors (Lipinski definition) is 1. The summed E-state index contributed by atoms with van der Waals surface area (Å²) in [5.74, 6) is 0.287. The van der Waals surface area contributed by atoms with Crippen LogP contribution in [-0.4, -0.2) is 18.6 Å². The van der Waals surface area contributed by atoms with E-state index >= 15 is 0 Å². The Hall–Kier alpha value is -1.51. The van der Waals surface area contributed by atoms with Gasteiger partial charge in [0.15, 0.2) is 0 Å². The third kappa shape index (κ3) is 2.98. The molecule has 3 nitrogen and oxygen atoms in total. The van der Waals surface area contributed by atoms with E-state index in [4.69, 9.17) is 4.74 Å². The summed E-state index contributed by atoms with van der Waals surface area (Å²) in [5, 5.41) is 3.40. The van der Waals surface area contributed by atoms with Crippen LogP contribution in [0.15, 0.2) is 30.3 Å². The average molecular weight is 205 g/mol. The molecular weight excluding hydrogens is 190 g/mol. The van der Waals surface area contributed by atoms with Crippen molar-refractivity contribution in [2.45, 2.75) is 19.4 Å². The summed E-state index contributed by atoms with van der Waals surface area (Å²) in [6.07, 6.45) is 1.09. The van der Waals surface area contributed by atoms with Crippen molar-refractivity contribution in [2.75, 3.05) is 11.9 Å². The van der Waals surface area contributed by atoms with Crippen molar-refractivity contribution in [1.82, 2.24) is 0 Å². The second kappa shape index (κ2) is 4.34. The standard InChI is InChI=1S/C12H15NO2/c1-9(14)15-8-10-7-12(10)13-11-5-3-2-4-6-11/h2-6,10,12-13H,7-8H2,1H3. The fourth-order valence-electron chi connectivity index (χ4n) is 1.58. The van der Waals surface area contributed by atoms with Crippen LogP contribution in [0.1, 0.15) is 13.3 Å². The Balaban J connectivity index is 1.73. The van der Waals surface area contributed by atoms with Gasteiger partial charge in [-0.2, -0.15) is 0 Å². The number of para-hydroxylation sites is 1. The van der Waals surface area contributed by atoms with E-state index in [0.717, 1.165) is 12.1 Å². The van der Waals surface area contributed by atoms with Crippen LogP contribution in [0.5, 0.6) is 0 Å². The molecule has 0 saturated heterocycles. The minimum absolute atomic E-state index is 0.194. The van der Waals surface area contributed by atoms with Gasteiger partial charge in [0, 0.05) is 24.6 Å². The fraction of sp³-hybridized carbons (Fsp3) is 0.417. The van der Waals surface area contributed by atoms with Crippen molar-refractivity contribution >= 4 is 11.7 Å². The van der Waals surface area contributed by atoms with Crippen LogP contribution in [0, 0.1) is 5.92 Å². The molecule has 0 bridgehead atoms. The number of rotatable bonds is 4. The summed E-state index contributed by atoms with van der Waals surface area (Å²) >= 11 is 0. The first-order chi connectivity index (χ1) is 7.25. The molecule has 1 aromatic carbocycles. The Morgan fingerprint density at radius 2 is 2.20 bits per heavy atom. The minimum atomic E-state index is -0.194. The number of nitrogens with one attached hydrogen (secondary N) is 1. The van der Waals surface area contributed by atoms with Crippen molar-refractivity contribution in [3.63, 3.8) is 0 Å². The Kier molecular flexibility index (Phi) is 2.90. The summed E-state index contributed by atoms with van der Waals surface area (Å²) in [5.41, 5.74) is 1.13. The third-order valence-electron chi connectivity index (χ3n) is 2.55. The zero-order valence-corrected chi connectivity index (χ0v) is 8.77. The molecule has 2 unspecified atom stereocenters. The molecule has 1 saturated carbocycles. The summed E-state index contributed by atoms with van der Waals surface area (Å²) in [7, 11) is 0. The highest BCUT2D eigenvalue weighted by molar-refractivity contribution is 5.65. The van der Waals surface area contributed by atoms with Crippen molar-refractivity contribution in [3.8, 4) is 0 Å². The van der Waals surface area contributed by atoms with Gasteiger partial charge in [0.1, 0.15) is 0 Å². The molecule has 1 aromatic rings. The van der Waals surface area contributed by atoms with Crippen LogP contribution in [-0.2, 0) is 9.53 Å². The van der Waals surface area contributed by atoms with E-state index in [0.29, 0.717) is 18.6 Å². The van der Waals surface area contributed by atoms with Crippen LogP contribution in [0.3, 0.4) is 0 Å². The number of carbonyl (C=O) groups excluding carboxylic acids is 1. The number of hydrogen-bond acceptors (Lipinski definition) is 3. The number of carbonyl (C=O) groups is 1. The van der Waals surface area contributed by atoms with Crippen molar-refractivity contribution < 1.29 is 9.53 Å². The maximum Gasteiger partial charge on any atom is 0.302 e. The van der Waals surface area contributed by atoms with Gasteiger partial charge in [0.25, 0.3) is 0 Å². The summed E-state index contributed by atoms with van der Waals surface area (Å²) < 4.78 is 4.95. The van der Waals surface area contributed by atoms with Gasteiger partial charge in [-0.3, -0.25) is 4.79 Å². The van der Waals surface area contributed by atoms with E-state index in [1.807, 2.05) is 30.3 Å². The number of anilines is 1. The van der Waals surface area contributed by atoms with Gasteiger partial charge in [-0.05, 0) is 18.6 Å². The van der Waals surface area contributed by atoms with Crippen LogP contribution in [0.25, 0.3) is 0 Å².